The van der Waals surface area contributed by atoms with Crippen LogP contribution in [0.5, 0.6) is 17.2 Å². The van der Waals surface area contributed by atoms with Crippen LogP contribution < -0.4 is 14.2 Å². The summed E-state index contributed by atoms with van der Waals surface area (Å²) >= 11 is 0. The number of piperidine rings is 1. The van der Waals surface area contributed by atoms with E-state index in [4.69, 9.17) is 14.2 Å². The second-order valence-corrected chi connectivity index (χ2v) is 8.08. The average Bonchev–Trinajstić information content (AvgIpc) is 3.13. The Kier molecular flexibility index (Phi) is 5.23. The normalized spacial score (nSPS) is 23.4. The summed E-state index contributed by atoms with van der Waals surface area (Å²) in [5, 5.41) is 10.8. The van der Waals surface area contributed by atoms with Gasteiger partial charge in [0.05, 0.1) is 12.6 Å². The molecule has 7 nitrogen and oxygen atoms in total. The molecule has 1 fully saturated rings. The molecule has 3 heterocycles. The average molecular weight is 410 g/mol. The molecule has 2 atom stereocenters. The molecule has 7 heteroatoms. The minimum absolute atomic E-state index is 0.0120. The third-order valence-corrected chi connectivity index (χ3v) is 6.15. The molecule has 0 radical (unpaired) electrons. The number of hydrogen-bond acceptors (Lipinski definition) is 6. The highest BCUT2D eigenvalue weighted by Crippen LogP contribution is 2.37. The van der Waals surface area contributed by atoms with E-state index in [1.807, 2.05) is 42.5 Å². The fraction of sp³-hybridized carbons (Fsp3) is 0.435. The van der Waals surface area contributed by atoms with E-state index >= 15 is 0 Å². The van der Waals surface area contributed by atoms with Crippen molar-refractivity contribution >= 4 is 5.91 Å². The molecule has 158 valence electrons. The second-order valence-electron chi connectivity index (χ2n) is 8.08. The number of β-amino-alcohol motifs (C(OH)–C–C–N with tert-alkyl or cyclic N) is 1. The lowest BCUT2D eigenvalue weighted by molar-refractivity contribution is -0.136. The zero-order valence-electron chi connectivity index (χ0n) is 16.8. The Hall–Kier alpha value is -2.77. The van der Waals surface area contributed by atoms with E-state index in [1.54, 1.807) is 4.90 Å². The van der Waals surface area contributed by atoms with Gasteiger partial charge in [0.2, 0.25) is 12.7 Å². The van der Waals surface area contributed by atoms with Crippen molar-refractivity contribution in [1.82, 2.24) is 9.80 Å². The Morgan fingerprint density at radius 2 is 1.90 bits per heavy atom. The third-order valence-electron chi connectivity index (χ3n) is 6.15. The first-order valence-corrected chi connectivity index (χ1v) is 10.5. The molecular formula is C23H26N2O5. The molecule has 3 aliphatic rings. The van der Waals surface area contributed by atoms with E-state index in [0.29, 0.717) is 39.3 Å². The fourth-order valence-electron chi connectivity index (χ4n) is 4.50. The lowest BCUT2D eigenvalue weighted by Crippen LogP contribution is -2.49. The summed E-state index contributed by atoms with van der Waals surface area (Å²) in [6.07, 6.45) is 0.120. The van der Waals surface area contributed by atoms with Gasteiger partial charge in [0.1, 0.15) is 12.4 Å². The van der Waals surface area contributed by atoms with Crippen molar-refractivity contribution in [1.29, 1.82) is 0 Å². The molecule has 5 rings (SSSR count). The van der Waals surface area contributed by atoms with Crippen molar-refractivity contribution in [2.45, 2.75) is 25.0 Å². The Morgan fingerprint density at radius 3 is 2.80 bits per heavy atom. The number of nitrogens with zero attached hydrogens (tertiary/aromatic N) is 2. The van der Waals surface area contributed by atoms with Crippen LogP contribution >= 0.6 is 0 Å². The molecule has 2 aromatic rings. The van der Waals surface area contributed by atoms with Gasteiger partial charge in [-0.2, -0.15) is 0 Å². The molecule has 0 aliphatic carbocycles. The number of rotatable bonds is 3. The van der Waals surface area contributed by atoms with Crippen molar-refractivity contribution in [3.8, 4) is 17.2 Å². The first-order valence-electron chi connectivity index (χ1n) is 10.5. The third kappa shape index (κ3) is 3.82. The molecule has 2 aromatic carbocycles. The lowest BCUT2D eigenvalue weighted by atomic mass is 9.87. The minimum Gasteiger partial charge on any atom is -0.492 e. The molecule has 1 N–H and O–H groups in total. The molecule has 0 aromatic heterocycles. The predicted octanol–water partition coefficient (Wildman–Crippen LogP) is 1.99. The first-order chi connectivity index (χ1) is 14.7. The molecule has 0 unspecified atom stereocenters. The number of ether oxygens (including phenoxy) is 3. The number of aliphatic hydroxyl groups is 1. The van der Waals surface area contributed by atoms with Gasteiger partial charge in [0.25, 0.3) is 0 Å². The number of likely N-dealkylation sites (tertiary alicyclic amines) is 1. The molecule has 0 saturated carbocycles. The molecule has 0 bridgehead atoms. The molecule has 1 amide bonds. The van der Waals surface area contributed by atoms with Crippen molar-refractivity contribution in [2.24, 2.45) is 0 Å². The van der Waals surface area contributed by atoms with Crippen LogP contribution in [0.4, 0.5) is 0 Å². The molecular weight excluding hydrogens is 384 g/mol. The number of aliphatic hydroxyl groups excluding tert-OH is 1. The Morgan fingerprint density at radius 1 is 1.03 bits per heavy atom. The van der Waals surface area contributed by atoms with E-state index in [1.165, 1.54) is 0 Å². The molecule has 1 saturated heterocycles. The quantitative estimate of drug-likeness (QED) is 0.835. The van der Waals surface area contributed by atoms with Gasteiger partial charge >= 0.3 is 0 Å². The molecule has 30 heavy (non-hydrogen) atoms. The van der Waals surface area contributed by atoms with Gasteiger partial charge in [-0.05, 0) is 30.2 Å². The number of amides is 1. The number of hydrogen-bond donors (Lipinski definition) is 1. The topological polar surface area (TPSA) is 71.5 Å². The summed E-state index contributed by atoms with van der Waals surface area (Å²) in [4.78, 5) is 16.8. The fourth-order valence-corrected chi connectivity index (χ4v) is 4.50. The SMILES string of the molecule is O=C(CN1CCOc2ccccc2C1)N1CC[C@@H](c2ccc3c(c2)OCO3)[C@H](O)C1. The maximum Gasteiger partial charge on any atom is 0.236 e. The van der Waals surface area contributed by atoms with Crippen LogP contribution in [-0.4, -0.2) is 66.5 Å². The maximum atomic E-state index is 12.9. The van der Waals surface area contributed by atoms with Gasteiger partial charge in [0.15, 0.2) is 11.5 Å². The first kappa shape index (κ1) is 19.2. The maximum absolute atomic E-state index is 12.9. The summed E-state index contributed by atoms with van der Waals surface area (Å²) in [6, 6.07) is 13.8. The summed E-state index contributed by atoms with van der Waals surface area (Å²) in [5.74, 6) is 2.40. The molecule has 0 spiro atoms. The van der Waals surface area contributed by atoms with Crippen molar-refractivity contribution in [3.05, 3.63) is 53.6 Å². The summed E-state index contributed by atoms with van der Waals surface area (Å²) in [5.41, 5.74) is 2.13. The summed E-state index contributed by atoms with van der Waals surface area (Å²) in [7, 11) is 0. The zero-order valence-corrected chi connectivity index (χ0v) is 16.8. The number of para-hydroxylation sites is 1. The van der Waals surface area contributed by atoms with Gasteiger partial charge in [-0.3, -0.25) is 9.69 Å². The minimum atomic E-state index is -0.601. The highest BCUT2D eigenvalue weighted by atomic mass is 16.7. The van der Waals surface area contributed by atoms with E-state index in [0.717, 1.165) is 34.8 Å². The van der Waals surface area contributed by atoms with Crippen LogP contribution in [0, 0.1) is 0 Å². The van der Waals surface area contributed by atoms with Gasteiger partial charge in [-0.25, -0.2) is 0 Å². The smallest absolute Gasteiger partial charge is 0.236 e. The second kappa shape index (κ2) is 8.16. The van der Waals surface area contributed by atoms with Gasteiger partial charge in [-0.1, -0.05) is 24.3 Å². The van der Waals surface area contributed by atoms with Crippen molar-refractivity contribution in [3.63, 3.8) is 0 Å². The highest BCUT2D eigenvalue weighted by Gasteiger charge is 2.32. The number of carbonyl (C=O) groups is 1. The summed E-state index contributed by atoms with van der Waals surface area (Å²) in [6.45, 7) is 3.52. The lowest BCUT2D eigenvalue weighted by Gasteiger charge is -2.37. The predicted molar refractivity (Wildman–Crippen MR) is 110 cm³/mol. The number of carbonyl (C=O) groups excluding carboxylic acids is 1. The van der Waals surface area contributed by atoms with Gasteiger partial charge in [-0.15, -0.1) is 0 Å². The van der Waals surface area contributed by atoms with Crippen molar-refractivity contribution < 1.29 is 24.1 Å². The standard InChI is InChI=1S/C23H26N2O5/c26-19-13-25(8-7-18(19)16-5-6-21-22(11-16)30-15-29-21)23(27)14-24-9-10-28-20-4-2-1-3-17(20)12-24/h1-6,11,18-19,26H,7-10,12-15H2/t18-,19+/m0/s1. The van der Waals surface area contributed by atoms with Gasteiger partial charge < -0.3 is 24.2 Å². The van der Waals surface area contributed by atoms with Gasteiger partial charge in [0, 0.05) is 37.7 Å². The number of fused-ring (bicyclic) bond motifs is 2. The van der Waals surface area contributed by atoms with Crippen LogP contribution in [0.15, 0.2) is 42.5 Å². The van der Waals surface area contributed by atoms with E-state index < -0.39 is 6.10 Å². The monoisotopic (exact) mass is 410 g/mol. The Balaban J connectivity index is 1.20. The van der Waals surface area contributed by atoms with Crippen LogP contribution in [0.2, 0.25) is 0 Å². The van der Waals surface area contributed by atoms with Crippen molar-refractivity contribution in [2.75, 3.05) is 39.6 Å². The van der Waals surface area contributed by atoms with Crippen LogP contribution in [0.25, 0.3) is 0 Å². The Bertz CT molecular complexity index is 934. The van der Waals surface area contributed by atoms with E-state index in [9.17, 15) is 9.90 Å². The summed E-state index contributed by atoms with van der Waals surface area (Å²) < 4.78 is 16.6. The molecule has 3 aliphatic heterocycles. The van der Waals surface area contributed by atoms with Crippen LogP contribution in [-0.2, 0) is 11.3 Å². The highest BCUT2D eigenvalue weighted by molar-refractivity contribution is 5.78. The van der Waals surface area contributed by atoms with Crippen LogP contribution in [0.3, 0.4) is 0 Å². The van der Waals surface area contributed by atoms with E-state index in [-0.39, 0.29) is 18.6 Å². The Labute approximate surface area is 175 Å². The van der Waals surface area contributed by atoms with Crippen LogP contribution in [0.1, 0.15) is 23.5 Å². The largest absolute Gasteiger partial charge is 0.492 e. The zero-order chi connectivity index (χ0) is 20.5. The van der Waals surface area contributed by atoms with E-state index in [2.05, 4.69) is 4.90 Å². The number of benzene rings is 2.